The molecule has 0 saturated carbocycles. The van der Waals surface area contributed by atoms with Crippen LogP contribution in [0.4, 0.5) is 26.3 Å². The third-order valence-electron chi connectivity index (χ3n) is 4.35. The van der Waals surface area contributed by atoms with Gasteiger partial charge in [-0.25, -0.2) is 0 Å². The van der Waals surface area contributed by atoms with Gasteiger partial charge in [-0.05, 0) is 35.7 Å². The number of halogens is 10. The van der Waals surface area contributed by atoms with Crippen LogP contribution in [0, 0.1) is 0 Å². The predicted octanol–water partition coefficient (Wildman–Crippen LogP) is 9.70. The maximum absolute atomic E-state index is 13.7. The Kier molecular flexibility index (Phi) is 10.2. The summed E-state index contributed by atoms with van der Waals surface area (Å²) in [7, 11) is 0. The Morgan fingerprint density at radius 3 is 2.06 bits per heavy atom. The lowest BCUT2D eigenvalue weighted by Crippen LogP contribution is -2.36. The molecule has 1 atom stereocenters. The highest BCUT2D eigenvalue weighted by Crippen LogP contribution is 2.41. The molecule has 184 valence electrons. The van der Waals surface area contributed by atoms with E-state index in [-0.39, 0.29) is 33.5 Å². The van der Waals surface area contributed by atoms with E-state index in [0.29, 0.717) is 20.5 Å². The summed E-state index contributed by atoms with van der Waals surface area (Å²) in [6, 6.07) is 6.84. The Bertz CT molecular complexity index is 1100. The molecule has 0 aromatic heterocycles. The molecule has 2 rings (SSSR count). The first-order valence-corrected chi connectivity index (χ1v) is 11.9. The number of allylic oxidation sites excluding steroid dienone is 1. The molecule has 0 heterocycles. The molecule has 0 aliphatic heterocycles. The van der Waals surface area contributed by atoms with Gasteiger partial charge in [-0.15, -0.1) is 0 Å². The van der Waals surface area contributed by atoms with E-state index in [0.717, 1.165) is 18.2 Å². The zero-order valence-corrected chi connectivity index (χ0v) is 22.1. The van der Waals surface area contributed by atoms with Gasteiger partial charge in [-0.1, -0.05) is 99.5 Å². The number of alkyl halides is 6. The summed E-state index contributed by atoms with van der Waals surface area (Å²) < 4.78 is 78.4. The van der Waals surface area contributed by atoms with Crippen molar-refractivity contribution in [2.24, 2.45) is 0 Å². The van der Waals surface area contributed by atoms with Crippen molar-refractivity contribution in [1.82, 2.24) is 5.32 Å². The quantitative estimate of drug-likeness (QED) is 0.106. The zero-order chi connectivity index (χ0) is 25.8. The standard InChI is InChI=1S/C21H13BrCl3F6NS2/c22-14-7-10(1-3-12(14)17(33)5-6-18(34)32-21(29,30)31)2-4-13(20(26,27)28)11-8-15(23)19(25)16(24)9-11/h1-4,7-9,13H,5-6H2,(H,32,34)/b4-2+. The Balaban J connectivity index is 2.20. The van der Waals surface area contributed by atoms with Crippen LogP contribution in [0.5, 0.6) is 0 Å². The van der Waals surface area contributed by atoms with Gasteiger partial charge < -0.3 is 0 Å². The molecule has 0 fully saturated rings. The van der Waals surface area contributed by atoms with Crippen molar-refractivity contribution in [1.29, 1.82) is 0 Å². The van der Waals surface area contributed by atoms with Crippen molar-refractivity contribution in [3.05, 3.63) is 72.6 Å². The van der Waals surface area contributed by atoms with Crippen molar-refractivity contribution in [3.8, 4) is 0 Å². The minimum absolute atomic E-state index is 0.0394. The number of benzene rings is 2. The molecule has 1 N–H and O–H groups in total. The molecule has 0 spiro atoms. The SMILES string of the molecule is FC(F)(F)NC(=S)CCC(=S)c1ccc(/C=C/C(c2cc(Cl)c(Cl)c(Cl)c2)C(F)(F)F)cc1Br. The van der Waals surface area contributed by atoms with Gasteiger partial charge in [0.25, 0.3) is 0 Å². The van der Waals surface area contributed by atoms with Crippen molar-refractivity contribution < 1.29 is 26.3 Å². The molecule has 0 amide bonds. The van der Waals surface area contributed by atoms with Gasteiger partial charge in [0.2, 0.25) is 0 Å². The van der Waals surface area contributed by atoms with E-state index in [9.17, 15) is 26.3 Å². The lowest BCUT2D eigenvalue weighted by molar-refractivity contribution is -0.142. The number of hydrogen-bond acceptors (Lipinski definition) is 2. The van der Waals surface area contributed by atoms with E-state index in [1.165, 1.54) is 17.5 Å². The Labute approximate surface area is 225 Å². The second kappa shape index (κ2) is 11.9. The maximum Gasteiger partial charge on any atom is 0.482 e. The highest BCUT2D eigenvalue weighted by atomic mass is 79.9. The monoisotopic (exact) mass is 641 g/mol. The summed E-state index contributed by atoms with van der Waals surface area (Å²) in [6.07, 6.45) is -7.05. The smallest absolute Gasteiger partial charge is 0.292 e. The van der Waals surface area contributed by atoms with E-state index < -0.39 is 23.4 Å². The summed E-state index contributed by atoms with van der Waals surface area (Å²) in [5.74, 6) is -2.00. The van der Waals surface area contributed by atoms with Crippen LogP contribution in [0.2, 0.25) is 15.1 Å². The molecule has 0 bridgehead atoms. The normalized spacial score (nSPS) is 13.2. The van der Waals surface area contributed by atoms with Crippen LogP contribution in [0.3, 0.4) is 0 Å². The Morgan fingerprint density at radius 1 is 0.971 bits per heavy atom. The van der Waals surface area contributed by atoms with Crippen LogP contribution in [0.25, 0.3) is 6.08 Å². The maximum atomic E-state index is 13.7. The fourth-order valence-electron chi connectivity index (χ4n) is 2.81. The van der Waals surface area contributed by atoms with Crippen molar-refractivity contribution in [3.63, 3.8) is 0 Å². The summed E-state index contributed by atoms with van der Waals surface area (Å²) >= 11 is 30.8. The first-order valence-electron chi connectivity index (χ1n) is 9.18. The largest absolute Gasteiger partial charge is 0.482 e. The number of nitrogens with one attached hydrogen (secondary N) is 1. The van der Waals surface area contributed by atoms with Crippen LogP contribution < -0.4 is 5.32 Å². The zero-order valence-electron chi connectivity index (χ0n) is 16.6. The van der Waals surface area contributed by atoms with Crippen molar-refractivity contribution >= 4 is 91.1 Å². The molecule has 0 radical (unpaired) electrons. The van der Waals surface area contributed by atoms with E-state index in [2.05, 4.69) is 28.1 Å². The van der Waals surface area contributed by atoms with Crippen molar-refractivity contribution in [2.45, 2.75) is 31.2 Å². The first kappa shape index (κ1) is 29.3. The summed E-state index contributed by atoms with van der Waals surface area (Å²) in [4.78, 5) is -0.0570. The van der Waals surface area contributed by atoms with Crippen LogP contribution in [0.1, 0.15) is 35.4 Å². The van der Waals surface area contributed by atoms with Crippen LogP contribution in [-0.4, -0.2) is 22.3 Å². The number of hydrogen-bond donors (Lipinski definition) is 1. The van der Waals surface area contributed by atoms with E-state index in [1.807, 2.05) is 0 Å². The third-order valence-corrected chi connectivity index (χ3v) is 6.94. The van der Waals surface area contributed by atoms with Crippen molar-refractivity contribution in [2.75, 3.05) is 0 Å². The Hall–Kier alpha value is -0.910. The molecule has 1 unspecified atom stereocenters. The fourth-order valence-corrected chi connectivity index (χ4v) is 4.69. The molecule has 0 aliphatic rings. The number of rotatable bonds is 7. The summed E-state index contributed by atoms with van der Waals surface area (Å²) in [5, 5.41) is 1.01. The van der Waals surface area contributed by atoms with E-state index in [1.54, 1.807) is 12.1 Å². The minimum atomic E-state index is -4.63. The van der Waals surface area contributed by atoms with Gasteiger partial charge in [0, 0.05) is 21.3 Å². The van der Waals surface area contributed by atoms with Gasteiger partial charge >= 0.3 is 12.5 Å². The molecule has 0 saturated heterocycles. The molecule has 1 nitrogen and oxygen atoms in total. The molecular formula is C21H13BrCl3F6NS2. The topological polar surface area (TPSA) is 12.0 Å². The van der Waals surface area contributed by atoms with Gasteiger partial charge in [-0.3, -0.25) is 5.32 Å². The van der Waals surface area contributed by atoms with Crippen LogP contribution >= 0.6 is 75.2 Å². The highest BCUT2D eigenvalue weighted by molar-refractivity contribution is 9.10. The van der Waals surface area contributed by atoms with Gasteiger partial charge in [0.1, 0.15) is 0 Å². The van der Waals surface area contributed by atoms with Crippen LogP contribution in [-0.2, 0) is 0 Å². The first-order chi connectivity index (χ1) is 15.6. The summed E-state index contributed by atoms with van der Waals surface area (Å²) in [5.41, 5.74) is 0.766. The van der Waals surface area contributed by atoms with Gasteiger partial charge in [-0.2, -0.15) is 26.3 Å². The molecule has 13 heteroatoms. The van der Waals surface area contributed by atoms with Crippen LogP contribution in [0.15, 0.2) is 40.9 Å². The molecule has 2 aromatic carbocycles. The highest BCUT2D eigenvalue weighted by Gasteiger charge is 2.39. The van der Waals surface area contributed by atoms with Gasteiger partial charge in [0.05, 0.1) is 26.0 Å². The lowest BCUT2D eigenvalue weighted by Gasteiger charge is -2.18. The molecule has 2 aromatic rings. The second-order valence-electron chi connectivity index (χ2n) is 6.89. The Morgan fingerprint density at radius 2 is 1.56 bits per heavy atom. The number of thiocarbonyl (C=S) groups is 2. The fraction of sp³-hybridized carbons (Fsp3) is 0.238. The third kappa shape index (κ3) is 8.64. The molecule has 0 aliphatic carbocycles. The second-order valence-corrected chi connectivity index (χ2v) is 9.92. The molecule has 34 heavy (non-hydrogen) atoms. The van der Waals surface area contributed by atoms with Gasteiger partial charge in [0.15, 0.2) is 0 Å². The average molecular weight is 644 g/mol. The van der Waals surface area contributed by atoms with E-state index >= 15 is 0 Å². The summed E-state index contributed by atoms with van der Waals surface area (Å²) in [6.45, 7) is 0. The molecular weight excluding hydrogens is 631 g/mol. The lowest BCUT2D eigenvalue weighted by atomic mass is 9.96. The van der Waals surface area contributed by atoms with E-state index in [4.69, 9.17) is 47.0 Å². The minimum Gasteiger partial charge on any atom is -0.292 e. The predicted molar refractivity (Wildman–Crippen MR) is 136 cm³/mol. The average Bonchev–Trinajstić information content (AvgIpc) is 2.68.